The van der Waals surface area contributed by atoms with Gasteiger partial charge in [0.25, 0.3) is 5.69 Å². The Hall–Kier alpha value is -1.79. The van der Waals surface area contributed by atoms with Crippen molar-refractivity contribution < 1.29 is 4.92 Å². The Bertz CT molecular complexity index is 625. The number of nitrogens with one attached hydrogen (secondary N) is 1. The molecule has 0 bridgehead atoms. The molecule has 0 fully saturated rings. The van der Waals surface area contributed by atoms with Crippen LogP contribution in [0.1, 0.15) is 34.8 Å². The first kappa shape index (κ1) is 14.6. The van der Waals surface area contributed by atoms with Crippen molar-refractivity contribution in [3.63, 3.8) is 0 Å². The molecule has 0 saturated heterocycles. The van der Waals surface area contributed by atoms with Gasteiger partial charge in [-0.25, -0.2) is 4.98 Å². The van der Waals surface area contributed by atoms with Gasteiger partial charge in [-0.2, -0.15) is 0 Å². The van der Waals surface area contributed by atoms with Gasteiger partial charge in [0.05, 0.1) is 11.0 Å². The lowest BCUT2D eigenvalue weighted by Crippen LogP contribution is -2.18. The molecule has 2 rings (SSSR count). The lowest BCUT2D eigenvalue weighted by atomic mass is 10.1. The molecule has 0 amide bonds. The van der Waals surface area contributed by atoms with Crippen molar-refractivity contribution in [2.24, 2.45) is 0 Å². The zero-order valence-corrected chi connectivity index (χ0v) is 12.5. The molecule has 0 spiro atoms. The number of aromatic nitrogens is 1. The third-order valence-corrected chi connectivity index (χ3v) is 4.24. The lowest BCUT2D eigenvalue weighted by Gasteiger charge is -2.11. The van der Waals surface area contributed by atoms with E-state index in [2.05, 4.69) is 10.3 Å². The predicted molar refractivity (Wildman–Crippen MR) is 79.9 cm³/mol. The van der Waals surface area contributed by atoms with Crippen molar-refractivity contribution in [3.05, 3.63) is 55.5 Å². The Kier molecular flexibility index (Phi) is 4.46. The lowest BCUT2D eigenvalue weighted by molar-refractivity contribution is -0.385. The van der Waals surface area contributed by atoms with Crippen molar-refractivity contribution >= 4 is 17.0 Å². The van der Waals surface area contributed by atoms with Gasteiger partial charge in [0.2, 0.25) is 0 Å². The molecule has 1 atom stereocenters. The second-order valence-corrected chi connectivity index (χ2v) is 5.70. The minimum atomic E-state index is -0.341. The van der Waals surface area contributed by atoms with E-state index in [0.29, 0.717) is 12.1 Å². The van der Waals surface area contributed by atoms with Crippen LogP contribution in [0.4, 0.5) is 5.69 Å². The van der Waals surface area contributed by atoms with E-state index in [4.69, 9.17) is 0 Å². The van der Waals surface area contributed by atoms with Gasteiger partial charge < -0.3 is 5.32 Å². The Morgan fingerprint density at radius 1 is 1.45 bits per heavy atom. The van der Waals surface area contributed by atoms with Crippen molar-refractivity contribution in [2.45, 2.75) is 33.4 Å². The highest BCUT2D eigenvalue weighted by molar-refractivity contribution is 7.09. The average molecular weight is 291 g/mol. The molecule has 0 aliphatic rings. The van der Waals surface area contributed by atoms with E-state index in [1.54, 1.807) is 30.4 Å². The molecule has 6 heteroatoms. The highest BCUT2D eigenvalue weighted by Crippen LogP contribution is 2.21. The molecule has 0 saturated carbocycles. The molecule has 20 heavy (non-hydrogen) atoms. The molecule has 2 aromatic rings. The van der Waals surface area contributed by atoms with Gasteiger partial charge in [0.15, 0.2) is 0 Å². The first-order valence-corrected chi connectivity index (χ1v) is 7.24. The maximum Gasteiger partial charge on any atom is 0.272 e. The van der Waals surface area contributed by atoms with Crippen LogP contribution < -0.4 is 5.32 Å². The summed E-state index contributed by atoms with van der Waals surface area (Å²) in [5.74, 6) is 0. The number of thiazole rings is 1. The first-order chi connectivity index (χ1) is 9.47. The summed E-state index contributed by atoms with van der Waals surface area (Å²) < 4.78 is 0. The second kappa shape index (κ2) is 6.11. The SMILES string of the molecule is Cc1csc(C(C)NCc2ccc(C)c([N+](=O)[O-])c2)n1. The van der Waals surface area contributed by atoms with Gasteiger partial charge in [-0.1, -0.05) is 12.1 Å². The van der Waals surface area contributed by atoms with Crippen LogP contribution in [0.2, 0.25) is 0 Å². The number of nitro benzene ring substituents is 1. The van der Waals surface area contributed by atoms with Crippen LogP contribution in [0.25, 0.3) is 0 Å². The Morgan fingerprint density at radius 2 is 2.20 bits per heavy atom. The van der Waals surface area contributed by atoms with Gasteiger partial charge in [-0.15, -0.1) is 11.3 Å². The van der Waals surface area contributed by atoms with E-state index < -0.39 is 0 Å². The highest BCUT2D eigenvalue weighted by atomic mass is 32.1. The Labute approximate surface area is 121 Å². The second-order valence-electron chi connectivity index (χ2n) is 4.81. The summed E-state index contributed by atoms with van der Waals surface area (Å²) in [6.07, 6.45) is 0. The summed E-state index contributed by atoms with van der Waals surface area (Å²) in [5, 5.41) is 17.3. The highest BCUT2D eigenvalue weighted by Gasteiger charge is 2.12. The Morgan fingerprint density at radius 3 is 2.80 bits per heavy atom. The third-order valence-electron chi connectivity index (χ3n) is 3.09. The van der Waals surface area contributed by atoms with E-state index in [9.17, 15) is 10.1 Å². The van der Waals surface area contributed by atoms with Gasteiger partial charge in [0, 0.05) is 29.2 Å². The average Bonchev–Trinajstić information content (AvgIpc) is 2.84. The van der Waals surface area contributed by atoms with Gasteiger partial charge in [-0.3, -0.25) is 10.1 Å². The summed E-state index contributed by atoms with van der Waals surface area (Å²) >= 11 is 1.62. The minimum absolute atomic E-state index is 0.133. The molecular weight excluding hydrogens is 274 g/mol. The summed E-state index contributed by atoms with van der Waals surface area (Å²) in [7, 11) is 0. The fourth-order valence-corrected chi connectivity index (χ4v) is 2.72. The van der Waals surface area contributed by atoms with Crippen LogP contribution in [0.15, 0.2) is 23.6 Å². The predicted octanol–water partition coefficient (Wildman–Crippen LogP) is 3.52. The number of rotatable bonds is 5. The smallest absolute Gasteiger partial charge is 0.272 e. The topological polar surface area (TPSA) is 68.1 Å². The van der Waals surface area contributed by atoms with E-state index in [1.165, 1.54) is 0 Å². The summed E-state index contributed by atoms with van der Waals surface area (Å²) in [5.41, 5.74) is 2.77. The normalized spacial score (nSPS) is 12.3. The van der Waals surface area contributed by atoms with E-state index in [-0.39, 0.29) is 16.7 Å². The molecule has 1 N–H and O–H groups in total. The van der Waals surface area contributed by atoms with Crippen LogP contribution in [-0.4, -0.2) is 9.91 Å². The molecule has 106 valence electrons. The van der Waals surface area contributed by atoms with Crippen LogP contribution >= 0.6 is 11.3 Å². The van der Waals surface area contributed by atoms with Gasteiger partial charge in [0.1, 0.15) is 5.01 Å². The number of benzene rings is 1. The molecular formula is C14H17N3O2S. The van der Waals surface area contributed by atoms with Crippen LogP contribution in [0.3, 0.4) is 0 Å². The molecule has 5 nitrogen and oxygen atoms in total. The molecule has 0 radical (unpaired) electrons. The van der Waals surface area contributed by atoms with E-state index in [0.717, 1.165) is 16.3 Å². The molecule has 0 aliphatic carbocycles. The van der Waals surface area contributed by atoms with Gasteiger partial charge >= 0.3 is 0 Å². The first-order valence-electron chi connectivity index (χ1n) is 6.36. The van der Waals surface area contributed by atoms with Crippen LogP contribution in [0.5, 0.6) is 0 Å². The number of hydrogen-bond acceptors (Lipinski definition) is 5. The van der Waals surface area contributed by atoms with Crippen molar-refractivity contribution in [3.8, 4) is 0 Å². The number of nitro groups is 1. The summed E-state index contributed by atoms with van der Waals surface area (Å²) in [4.78, 5) is 15.0. The fraction of sp³-hybridized carbons (Fsp3) is 0.357. The quantitative estimate of drug-likeness (QED) is 0.676. The largest absolute Gasteiger partial charge is 0.304 e. The minimum Gasteiger partial charge on any atom is -0.304 e. The Balaban J connectivity index is 2.04. The van der Waals surface area contributed by atoms with E-state index in [1.807, 2.05) is 25.3 Å². The number of aryl methyl sites for hydroxylation is 2. The number of hydrogen-bond donors (Lipinski definition) is 1. The van der Waals surface area contributed by atoms with Crippen molar-refractivity contribution in [1.82, 2.24) is 10.3 Å². The number of nitrogens with zero attached hydrogens (tertiary/aromatic N) is 2. The summed E-state index contributed by atoms with van der Waals surface area (Å²) in [6.45, 7) is 6.34. The van der Waals surface area contributed by atoms with Crippen molar-refractivity contribution in [2.75, 3.05) is 0 Å². The maximum absolute atomic E-state index is 10.9. The third kappa shape index (κ3) is 3.40. The van der Waals surface area contributed by atoms with Gasteiger partial charge in [-0.05, 0) is 26.3 Å². The monoisotopic (exact) mass is 291 g/mol. The molecule has 0 aliphatic heterocycles. The molecule has 1 heterocycles. The van der Waals surface area contributed by atoms with Crippen LogP contribution in [0, 0.1) is 24.0 Å². The van der Waals surface area contributed by atoms with Crippen molar-refractivity contribution in [1.29, 1.82) is 0 Å². The zero-order valence-electron chi connectivity index (χ0n) is 11.7. The molecule has 1 aromatic heterocycles. The standard InChI is InChI=1S/C14H17N3O2S/c1-9-4-5-12(6-13(9)17(18)19)7-15-11(3)14-16-10(2)8-20-14/h4-6,8,11,15H,7H2,1-3H3. The molecule has 1 aromatic carbocycles. The maximum atomic E-state index is 10.9. The van der Waals surface area contributed by atoms with Crippen LogP contribution in [-0.2, 0) is 6.54 Å². The zero-order chi connectivity index (χ0) is 14.7. The molecule has 1 unspecified atom stereocenters. The summed E-state index contributed by atoms with van der Waals surface area (Å²) in [6, 6.07) is 5.46. The van der Waals surface area contributed by atoms with E-state index >= 15 is 0 Å². The fourth-order valence-electron chi connectivity index (χ4n) is 1.89.